The lowest BCUT2D eigenvalue weighted by Crippen LogP contribution is -2.03. The lowest BCUT2D eigenvalue weighted by Gasteiger charge is -2.15. The van der Waals surface area contributed by atoms with Gasteiger partial charge in [0.05, 0.1) is 0 Å². The first-order valence-electron chi connectivity index (χ1n) is 14.9. The van der Waals surface area contributed by atoms with Gasteiger partial charge < -0.3 is 9.47 Å². The van der Waals surface area contributed by atoms with Gasteiger partial charge in [-0.2, -0.15) is 0 Å². The zero-order chi connectivity index (χ0) is 30.9. The molecule has 6 aromatic rings. The third kappa shape index (κ3) is 5.66. The number of allylic oxidation sites excluding steroid dienone is 2. The van der Waals surface area contributed by atoms with Gasteiger partial charge in [-0.25, -0.2) is 0 Å². The van der Waals surface area contributed by atoms with E-state index in [0.717, 1.165) is 66.4 Å². The van der Waals surface area contributed by atoms with Crippen molar-refractivity contribution < 1.29 is 19.1 Å². The van der Waals surface area contributed by atoms with Gasteiger partial charge in [-0.15, -0.1) is 0 Å². The quantitative estimate of drug-likeness (QED) is 0.144. The third-order valence-electron chi connectivity index (χ3n) is 8.22. The van der Waals surface area contributed by atoms with E-state index in [2.05, 4.69) is 24.3 Å². The number of hydrogen-bond acceptors (Lipinski definition) is 4. The molecule has 0 spiro atoms. The molecule has 4 nitrogen and oxygen atoms in total. The summed E-state index contributed by atoms with van der Waals surface area (Å²) in [5.41, 5.74) is 7.21. The van der Waals surface area contributed by atoms with Gasteiger partial charge in [0.15, 0.2) is 11.6 Å². The van der Waals surface area contributed by atoms with E-state index in [9.17, 15) is 9.59 Å². The molecule has 0 radical (unpaired) electrons. The highest BCUT2D eigenvalue weighted by atomic mass is 16.7. The predicted octanol–water partition coefficient (Wildman–Crippen LogP) is 9.80. The van der Waals surface area contributed by atoms with Crippen LogP contribution in [0.15, 0.2) is 121 Å². The van der Waals surface area contributed by atoms with Crippen molar-refractivity contribution in [1.29, 1.82) is 0 Å². The summed E-state index contributed by atoms with van der Waals surface area (Å²) in [4.78, 5) is 25.7. The number of carbonyl (C=O) groups is 2. The molecule has 0 aromatic heterocycles. The number of benzene rings is 6. The van der Waals surface area contributed by atoms with Crippen LogP contribution in [0.1, 0.15) is 43.0 Å². The SMILES string of the molecule is Cc1ccc(C(=O)/C=C\c2ccc3ccc4c(c3c2)-c2c(ccc3ccc(/C=C\C(=O)c5ccc(C)cc5)cc23)OCO4)cc1. The van der Waals surface area contributed by atoms with E-state index in [0.29, 0.717) is 11.1 Å². The molecule has 4 heteroatoms. The Hall–Kier alpha value is -5.74. The molecule has 0 N–H and O–H groups in total. The predicted molar refractivity (Wildman–Crippen MR) is 182 cm³/mol. The number of rotatable bonds is 6. The third-order valence-corrected chi connectivity index (χ3v) is 8.22. The van der Waals surface area contributed by atoms with Crippen LogP contribution in [0.25, 0.3) is 44.8 Å². The molecule has 0 saturated carbocycles. The Morgan fingerprint density at radius 2 is 0.933 bits per heavy atom. The average Bonchev–Trinajstić information content (AvgIpc) is 3.26. The van der Waals surface area contributed by atoms with Crippen LogP contribution >= 0.6 is 0 Å². The van der Waals surface area contributed by atoms with Gasteiger partial charge in [0.2, 0.25) is 6.79 Å². The van der Waals surface area contributed by atoms with E-state index in [4.69, 9.17) is 9.47 Å². The van der Waals surface area contributed by atoms with Gasteiger partial charge in [-0.1, -0.05) is 108 Å². The minimum atomic E-state index is -0.0449. The highest BCUT2D eigenvalue weighted by molar-refractivity contribution is 6.12. The van der Waals surface area contributed by atoms with Gasteiger partial charge in [0.25, 0.3) is 0 Å². The van der Waals surface area contributed by atoms with Crippen molar-refractivity contribution >= 4 is 45.3 Å². The fourth-order valence-corrected chi connectivity index (χ4v) is 5.73. The van der Waals surface area contributed by atoms with Gasteiger partial charge in [0, 0.05) is 22.3 Å². The second-order valence-corrected chi connectivity index (χ2v) is 11.4. The van der Waals surface area contributed by atoms with Crippen LogP contribution in [0.4, 0.5) is 0 Å². The van der Waals surface area contributed by atoms with Gasteiger partial charge in [-0.3, -0.25) is 9.59 Å². The Labute approximate surface area is 261 Å². The van der Waals surface area contributed by atoms with Crippen molar-refractivity contribution in [2.24, 2.45) is 0 Å². The minimum absolute atomic E-state index is 0.0449. The molecular weight excluding hydrogens is 556 g/mol. The first kappa shape index (κ1) is 28.1. The molecule has 6 aromatic carbocycles. The molecule has 0 aliphatic carbocycles. The van der Waals surface area contributed by atoms with E-state index < -0.39 is 0 Å². The summed E-state index contributed by atoms with van der Waals surface area (Å²) >= 11 is 0. The molecule has 7 rings (SSSR count). The Balaban J connectivity index is 1.31. The summed E-state index contributed by atoms with van der Waals surface area (Å²) in [7, 11) is 0. The minimum Gasteiger partial charge on any atom is -0.457 e. The maximum atomic E-state index is 12.9. The van der Waals surface area contributed by atoms with Gasteiger partial charge in [0.1, 0.15) is 11.5 Å². The smallest absolute Gasteiger partial charge is 0.230 e. The molecule has 1 heterocycles. The fourth-order valence-electron chi connectivity index (χ4n) is 5.73. The highest BCUT2D eigenvalue weighted by Gasteiger charge is 2.22. The van der Waals surface area contributed by atoms with E-state index >= 15 is 0 Å². The number of ether oxygens (including phenoxy) is 2. The van der Waals surface area contributed by atoms with Crippen LogP contribution < -0.4 is 9.47 Å². The molecule has 45 heavy (non-hydrogen) atoms. The molecule has 0 bridgehead atoms. The Bertz CT molecular complexity index is 2010. The molecule has 218 valence electrons. The summed E-state index contributed by atoms with van der Waals surface area (Å²) in [5.74, 6) is 1.36. The van der Waals surface area contributed by atoms with Crippen molar-refractivity contribution in [3.63, 3.8) is 0 Å². The van der Waals surface area contributed by atoms with Crippen molar-refractivity contribution in [3.8, 4) is 22.6 Å². The normalized spacial score (nSPS) is 12.5. The zero-order valence-corrected chi connectivity index (χ0v) is 25.0. The van der Waals surface area contributed by atoms with E-state index in [1.54, 1.807) is 12.2 Å². The lowest BCUT2D eigenvalue weighted by atomic mass is 9.90. The van der Waals surface area contributed by atoms with Crippen LogP contribution in [0, 0.1) is 13.8 Å². The number of hydrogen-bond donors (Lipinski definition) is 0. The van der Waals surface area contributed by atoms with Gasteiger partial charge >= 0.3 is 0 Å². The Morgan fingerprint density at radius 1 is 0.533 bits per heavy atom. The highest BCUT2D eigenvalue weighted by Crippen LogP contribution is 2.47. The van der Waals surface area contributed by atoms with E-state index in [-0.39, 0.29) is 18.4 Å². The Kier molecular flexibility index (Phi) is 7.32. The molecule has 0 saturated heterocycles. The maximum Gasteiger partial charge on any atom is 0.230 e. The summed E-state index contributed by atoms with van der Waals surface area (Å²) < 4.78 is 12.2. The van der Waals surface area contributed by atoms with Crippen LogP contribution in [0.5, 0.6) is 11.5 Å². The topological polar surface area (TPSA) is 52.6 Å². The molecule has 0 fully saturated rings. The van der Waals surface area contributed by atoms with Crippen molar-refractivity contribution in [1.82, 2.24) is 0 Å². The fraction of sp³-hybridized carbons (Fsp3) is 0.0732. The lowest BCUT2D eigenvalue weighted by molar-refractivity contribution is 0.103. The Morgan fingerprint density at radius 3 is 1.36 bits per heavy atom. The summed E-state index contributed by atoms with van der Waals surface area (Å²) in [6.45, 7) is 4.10. The molecule has 1 aliphatic rings. The number of ketones is 2. The van der Waals surface area contributed by atoms with Crippen molar-refractivity contribution in [2.45, 2.75) is 13.8 Å². The van der Waals surface area contributed by atoms with Gasteiger partial charge in [-0.05, 0) is 82.9 Å². The van der Waals surface area contributed by atoms with Crippen LogP contribution in [-0.2, 0) is 0 Å². The van der Waals surface area contributed by atoms with E-state index in [1.807, 2.05) is 111 Å². The molecule has 0 atom stereocenters. The van der Waals surface area contributed by atoms with Crippen molar-refractivity contribution in [2.75, 3.05) is 6.79 Å². The second kappa shape index (κ2) is 11.7. The number of carbonyl (C=O) groups excluding carboxylic acids is 2. The maximum absolute atomic E-state index is 12.9. The monoisotopic (exact) mass is 586 g/mol. The van der Waals surface area contributed by atoms with E-state index in [1.165, 1.54) is 0 Å². The van der Waals surface area contributed by atoms with Crippen LogP contribution in [0.3, 0.4) is 0 Å². The average molecular weight is 587 g/mol. The summed E-state index contributed by atoms with van der Waals surface area (Å²) in [5, 5.41) is 4.08. The first-order valence-corrected chi connectivity index (χ1v) is 14.9. The largest absolute Gasteiger partial charge is 0.457 e. The zero-order valence-electron chi connectivity index (χ0n) is 25.0. The molecule has 1 aliphatic heterocycles. The molecular formula is C41H30O4. The summed E-state index contributed by atoms with van der Waals surface area (Å²) in [6, 6.07) is 35.6. The number of aryl methyl sites for hydroxylation is 2. The van der Waals surface area contributed by atoms with Crippen molar-refractivity contribution in [3.05, 3.63) is 155 Å². The molecule has 0 amide bonds. The summed E-state index contributed by atoms with van der Waals surface area (Å²) in [6.07, 6.45) is 6.94. The first-order chi connectivity index (χ1) is 21.9. The van der Waals surface area contributed by atoms with Crippen LogP contribution in [-0.4, -0.2) is 18.4 Å². The molecule has 0 unspecified atom stereocenters. The number of fused-ring (bicyclic) bond motifs is 7. The second-order valence-electron chi connectivity index (χ2n) is 11.4. The standard InChI is InChI=1S/C41H30O4/c1-26-3-11-32(12-4-26)36(42)19-9-28-7-15-30-17-21-38-40(34(30)23-28)41-35-24-29(8-16-31(35)18-22-39(41)45-25-44-38)10-20-37(43)33-13-5-27(2)6-14-33/h3-24H,25H2,1-2H3/b19-9-,20-10-. The van der Waals surface area contributed by atoms with Crippen LogP contribution in [0.2, 0.25) is 0 Å².